The zero-order chi connectivity index (χ0) is 28.6. The van der Waals surface area contributed by atoms with Gasteiger partial charge in [-0.2, -0.15) is 5.10 Å². The van der Waals surface area contributed by atoms with Crippen molar-refractivity contribution in [2.75, 3.05) is 18.4 Å². The number of rotatable bonds is 7. The van der Waals surface area contributed by atoms with Crippen molar-refractivity contribution in [3.05, 3.63) is 66.1 Å². The largest absolute Gasteiger partial charge is 0.352 e. The number of amides is 1. The summed E-state index contributed by atoms with van der Waals surface area (Å²) < 4.78 is 0. The number of carbonyl (C=O) groups is 2. The SMILES string of the molecule is CC(=O)c1ccc(-c2cncc3[nH]c(-c4n[nH]c5ccc(-c6cncc(NC(=O)CC7CCNCC7)c6)nc45)cc23)s1. The van der Waals surface area contributed by atoms with Crippen molar-refractivity contribution in [1.29, 1.82) is 0 Å². The smallest absolute Gasteiger partial charge is 0.224 e. The maximum Gasteiger partial charge on any atom is 0.224 e. The second-order valence-electron chi connectivity index (χ2n) is 10.6. The predicted octanol–water partition coefficient (Wildman–Crippen LogP) is 5.82. The lowest BCUT2D eigenvalue weighted by atomic mass is 9.94. The number of anilines is 1. The Morgan fingerprint density at radius 3 is 2.69 bits per heavy atom. The third kappa shape index (κ3) is 5.08. The van der Waals surface area contributed by atoms with Crippen LogP contribution in [0.5, 0.6) is 0 Å². The second kappa shape index (κ2) is 10.9. The molecule has 0 radical (unpaired) electrons. The van der Waals surface area contributed by atoms with Crippen molar-refractivity contribution in [3.63, 3.8) is 0 Å². The summed E-state index contributed by atoms with van der Waals surface area (Å²) in [6.07, 6.45) is 9.56. The first-order chi connectivity index (χ1) is 20.5. The molecule has 1 saturated heterocycles. The van der Waals surface area contributed by atoms with E-state index in [9.17, 15) is 9.59 Å². The van der Waals surface area contributed by atoms with Gasteiger partial charge in [-0.05, 0) is 75.2 Å². The van der Waals surface area contributed by atoms with Crippen molar-refractivity contribution in [1.82, 2.24) is 35.5 Å². The lowest BCUT2D eigenvalue weighted by molar-refractivity contribution is -0.117. The van der Waals surface area contributed by atoms with E-state index < -0.39 is 0 Å². The van der Waals surface area contributed by atoms with Gasteiger partial charge in [0.2, 0.25) is 5.91 Å². The van der Waals surface area contributed by atoms with E-state index in [-0.39, 0.29) is 11.7 Å². The normalized spacial score (nSPS) is 14.0. The molecule has 10 nitrogen and oxygen atoms in total. The monoisotopic (exact) mass is 576 g/mol. The minimum Gasteiger partial charge on any atom is -0.352 e. The highest BCUT2D eigenvalue weighted by molar-refractivity contribution is 7.17. The molecule has 7 heterocycles. The fourth-order valence-electron chi connectivity index (χ4n) is 5.50. The molecule has 210 valence electrons. The molecule has 0 saturated carbocycles. The van der Waals surface area contributed by atoms with Gasteiger partial charge in [0.1, 0.15) is 11.2 Å². The third-order valence-electron chi connectivity index (χ3n) is 7.68. The Morgan fingerprint density at radius 1 is 1.00 bits per heavy atom. The minimum absolute atomic E-state index is 0.00844. The summed E-state index contributed by atoms with van der Waals surface area (Å²) >= 11 is 1.46. The number of piperidine rings is 1. The molecule has 1 aliphatic rings. The molecular formula is C31H28N8O2S. The van der Waals surface area contributed by atoms with Crippen molar-refractivity contribution >= 4 is 50.7 Å². The van der Waals surface area contributed by atoms with Crippen LogP contribution < -0.4 is 10.6 Å². The van der Waals surface area contributed by atoms with Gasteiger partial charge in [-0.15, -0.1) is 11.3 Å². The van der Waals surface area contributed by atoms with Crippen LogP contribution in [0.2, 0.25) is 0 Å². The van der Waals surface area contributed by atoms with Gasteiger partial charge in [0, 0.05) is 40.2 Å². The molecule has 0 bridgehead atoms. The summed E-state index contributed by atoms with van der Waals surface area (Å²) in [5.41, 5.74) is 6.98. The molecular weight excluding hydrogens is 548 g/mol. The van der Waals surface area contributed by atoms with Crippen LogP contribution in [-0.2, 0) is 4.79 Å². The number of hydrogen-bond donors (Lipinski definition) is 4. The molecule has 0 aromatic carbocycles. The van der Waals surface area contributed by atoms with Crippen LogP contribution in [-0.4, -0.2) is 54.9 Å². The lowest BCUT2D eigenvalue weighted by Gasteiger charge is -2.21. The molecule has 7 rings (SSSR count). The molecule has 0 atom stereocenters. The summed E-state index contributed by atoms with van der Waals surface area (Å²) in [5.74, 6) is 0.464. The van der Waals surface area contributed by atoms with Gasteiger partial charge in [-0.25, -0.2) is 4.98 Å². The van der Waals surface area contributed by atoms with Crippen LogP contribution in [0.1, 0.15) is 35.9 Å². The van der Waals surface area contributed by atoms with E-state index in [4.69, 9.17) is 4.98 Å². The zero-order valence-electron chi connectivity index (χ0n) is 22.9. The van der Waals surface area contributed by atoms with Gasteiger partial charge in [-0.1, -0.05) is 0 Å². The Balaban J connectivity index is 1.19. The van der Waals surface area contributed by atoms with E-state index in [1.54, 1.807) is 25.5 Å². The zero-order valence-corrected chi connectivity index (χ0v) is 23.7. The molecule has 42 heavy (non-hydrogen) atoms. The van der Waals surface area contributed by atoms with Crippen LogP contribution in [0.15, 0.2) is 61.2 Å². The van der Waals surface area contributed by atoms with E-state index in [0.29, 0.717) is 34.1 Å². The number of thiophene rings is 1. The lowest BCUT2D eigenvalue weighted by Crippen LogP contribution is -2.30. The number of aromatic nitrogens is 6. The van der Waals surface area contributed by atoms with Crippen LogP contribution in [0.3, 0.4) is 0 Å². The topological polar surface area (TPSA) is 141 Å². The number of fused-ring (bicyclic) bond motifs is 2. The van der Waals surface area contributed by atoms with Crippen molar-refractivity contribution < 1.29 is 9.59 Å². The average Bonchev–Trinajstić information content (AvgIpc) is 3.75. The van der Waals surface area contributed by atoms with Gasteiger partial charge in [0.05, 0.1) is 45.4 Å². The summed E-state index contributed by atoms with van der Waals surface area (Å²) in [5, 5.41) is 15.0. The molecule has 11 heteroatoms. The van der Waals surface area contributed by atoms with Crippen molar-refractivity contribution in [2.24, 2.45) is 5.92 Å². The predicted molar refractivity (Wildman–Crippen MR) is 164 cm³/mol. The quantitative estimate of drug-likeness (QED) is 0.175. The number of pyridine rings is 3. The van der Waals surface area contributed by atoms with Crippen LogP contribution in [0, 0.1) is 5.92 Å². The second-order valence-corrected chi connectivity index (χ2v) is 11.7. The summed E-state index contributed by atoms with van der Waals surface area (Å²) in [4.78, 5) is 43.4. The maximum absolute atomic E-state index is 12.7. The minimum atomic E-state index is 0.00844. The first kappa shape index (κ1) is 26.2. The first-order valence-corrected chi connectivity index (χ1v) is 14.7. The van der Waals surface area contributed by atoms with E-state index >= 15 is 0 Å². The molecule has 6 aromatic heterocycles. The number of H-pyrrole nitrogens is 2. The Kier molecular flexibility index (Phi) is 6.80. The summed E-state index contributed by atoms with van der Waals surface area (Å²) in [6, 6.07) is 11.6. The molecule has 1 amide bonds. The highest BCUT2D eigenvalue weighted by Gasteiger charge is 2.19. The van der Waals surface area contributed by atoms with E-state index in [2.05, 4.69) is 35.8 Å². The first-order valence-electron chi connectivity index (χ1n) is 13.9. The van der Waals surface area contributed by atoms with Gasteiger partial charge >= 0.3 is 0 Å². The number of Topliss-reactive ketones (excluding diaryl/α,β-unsaturated/α-hetero) is 1. The number of ketones is 1. The highest BCUT2D eigenvalue weighted by atomic mass is 32.1. The number of hydrogen-bond acceptors (Lipinski definition) is 8. The van der Waals surface area contributed by atoms with Crippen molar-refractivity contribution in [3.8, 4) is 33.1 Å². The van der Waals surface area contributed by atoms with E-state index in [1.807, 2.05) is 42.6 Å². The summed E-state index contributed by atoms with van der Waals surface area (Å²) in [6.45, 7) is 3.50. The Bertz CT molecular complexity index is 1950. The number of aromatic amines is 2. The molecule has 0 aliphatic carbocycles. The van der Waals surface area contributed by atoms with Crippen LogP contribution in [0.25, 0.3) is 55.0 Å². The number of nitrogens with one attached hydrogen (secondary N) is 4. The Morgan fingerprint density at radius 2 is 1.86 bits per heavy atom. The molecule has 4 N–H and O–H groups in total. The van der Waals surface area contributed by atoms with Gasteiger partial charge in [-0.3, -0.25) is 24.7 Å². The van der Waals surface area contributed by atoms with Crippen LogP contribution >= 0.6 is 11.3 Å². The molecule has 0 unspecified atom stereocenters. The van der Waals surface area contributed by atoms with Crippen LogP contribution in [0.4, 0.5) is 5.69 Å². The Hall–Kier alpha value is -4.74. The fourth-order valence-corrected chi connectivity index (χ4v) is 6.43. The maximum atomic E-state index is 12.7. The molecule has 1 fully saturated rings. The van der Waals surface area contributed by atoms with Gasteiger partial charge < -0.3 is 15.6 Å². The number of carbonyl (C=O) groups excluding carboxylic acids is 2. The third-order valence-corrected chi connectivity index (χ3v) is 8.90. The van der Waals surface area contributed by atoms with Gasteiger partial charge in [0.25, 0.3) is 0 Å². The number of nitrogens with zero attached hydrogens (tertiary/aromatic N) is 4. The standard InChI is InChI=1S/C31H28N8O2S/c1-17(40)27-4-5-28(42-27)22-15-34-16-26-21(22)12-25(36-26)31-30-24(38-39-31)3-2-23(37-30)19-11-20(14-33-13-19)35-29(41)10-18-6-8-32-9-7-18/h2-5,11-16,18,32,36H,6-10H2,1H3,(H,35,41)(H,38,39). The van der Waals surface area contributed by atoms with Gasteiger partial charge in [0.15, 0.2) is 5.78 Å². The Labute approximate surface area is 245 Å². The average molecular weight is 577 g/mol. The summed E-state index contributed by atoms with van der Waals surface area (Å²) in [7, 11) is 0. The highest BCUT2D eigenvalue weighted by Crippen LogP contribution is 2.36. The molecule has 0 spiro atoms. The fraction of sp³-hybridized carbons (Fsp3) is 0.226. The molecule has 1 aliphatic heterocycles. The van der Waals surface area contributed by atoms with Crippen molar-refractivity contribution in [2.45, 2.75) is 26.2 Å². The van der Waals surface area contributed by atoms with E-state index in [0.717, 1.165) is 69.7 Å². The van der Waals surface area contributed by atoms with E-state index in [1.165, 1.54) is 11.3 Å². The molecule has 6 aromatic rings.